The number of ether oxygens (including phenoxy) is 1. The minimum absolute atomic E-state index is 0.0377. The fraction of sp³-hybridized carbons (Fsp3) is 0.324. The zero-order valence-corrected chi connectivity index (χ0v) is 31.7. The lowest BCUT2D eigenvalue weighted by molar-refractivity contribution is -0.0313. The third-order valence-electron chi connectivity index (χ3n) is 8.71. The average Bonchev–Trinajstić information content (AvgIpc) is 3.67. The van der Waals surface area contributed by atoms with Gasteiger partial charge in [-0.3, -0.25) is 14.2 Å². The third kappa shape index (κ3) is 7.22. The second kappa shape index (κ2) is 15.6. The number of carbonyl (C=O) groups is 2. The number of rotatable bonds is 16. The Balaban J connectivity index is 1.31. The van der Waals surface area contributed by atoms with Gasteiger partial charge in [-0.05, 0) is 41.4 Å². The molecule has 15 heteroatoms. The Morgan fingerprint density at radius 1 is 0.769 bits per heavy atom. The monoisotopic (exact) mass is 743 g/mol. The van der Waals surface area contributed by atoms with Crippen molar-refractivity contribution in [3.8, 4) is 0 Å². The van der Waals surface area contributed by atoms with E-state index in [0.29, 0.717) is 0 Å². The summed E-state index contributed by atoms with van der Waals surface area (Å²) >= 11 is 0. The van der Waals surface area contributed by atoms with E-state index in [1.54, 1.807) is 38.1 Å². The first-order valence-corrected chi connectivity index (χ1v) is 20.7. The van der Waals surface area contributed by atoms with E-state index in [9.17, 15) is 14.2 Å². The molecule has 5 aromatic rings. The molecule has 2 amide bonds. The molecule has 52 heavy (non-hydrogen) atoms. The fourth-order valence-corrected chi connectivity index (χ4v) is 12.4. The molecule has 0 radical (unpaired) electrons. The smallest absolute Gasteiger partial charge is 0.356 e. The summed E-state index contributed by atoms with van der Waals surface area (Å²) in [6, 6.07) is 27.0. The van der Waals surface area contributed by atoms with Crippen molar-refractivity contribution in [2.45, 2.75) is 45.8 Å². The Hall–Kier alpha value is -4.56. The van der Waals surface area contributed by atoms with Crippen molar-refractivity contribution < 1.29 is 37.2 Å². The van der Waals surface area contributed by atoms with Crippen LogP contribution in [0.2, 0.25) is 5.04 Å². The van der Waals surface area contributed by atoms with Gasteiger partial charge in [-0.2, -0.15) is 4.73 Å². The highest BCUT2D eigenvalue weighted by molar-refractivity contribution is 7.53. The van der Waals surface area contributed by atoms with Crippen molar-refractivity contribution >= 4 is 55.1 Å². The zero-order valence-electron chi connectivity index (χ0n) is 29.8. The standard InChI is InChI=1S/C37H42N5O8PSi/c1-6-48-51(45,49-7-2)26-46-27(23-50-52(37(3,4)5,28-16-10-8-11-17-28)29-18-12-9-13-19-29)22-47-41-25-40-32-33(41)38-24-39-34(32)42-35(43)30-20-14-15-21-31(30)36(42)44/h8-21,24-25,27H,6-7,22-23,26H2,1-5H3. The van der Waals surface area contributed by atoms with Gasteiger partial charge in [0.05, 0.1) is 30.9 Å². The molecule has 3 aromatic carbocycles. The molecule has 1 atom stereocenters. The van der Waals surface area contributed by atoms with Crippen LogP contribution in [0, 0.1) is 0 Å². The Bertz CT molecular complexity index is 1990. The number of nitrogens with zero attached hydrogens (tertiary/aromatic N) is 5. The van der Waals surface area contributed by atoms with E-state index >= 15 is 0 Å². The van der Waals surface area contributed by atoms with Crippen molar-refractivity contribution in [1.29, 1.82) is 0 Å². The molecule has 0 bridgehead atoms. The molecule has 0 saturated carbocycles. The number of fused-ring (bicyclic) bond motifs is 2. The first-order chi connectivity index (χ1) is 25.0. The Labute approximate surface area is 303 Å². The van der Waals surface area contributed by atoms with Crippen LogP contribution in [-0.4, -0.2) is 78.7 Å². The molecule has 0 spiro atoms. The number of carbonyl (C=O) groups excluding carboxylic acids is 2. The molecule has 6 rings (SSSR count). The highest BCUT2D eigenvalue weighted by Gasteiger charge is 2.50. The molecule has 0 saturated heterocycles. The molecule has 272 valence electrons. The lowest BCUT2D eigenvalue weighted by Crippen LogP contribution is -2.67. The SMILES string of the molecule is CCOP(=O)(COC(COn1cnc2c(N3C(=O)c4ccccc4C3=O)ncnc21)CO[Si](c1ccccc1)(c1ccccc1)C(C)(C)C)OCC. The molecule has 0 fully saturated rings. The summed E-state index contributed by atoms with van der Waals surface area (Å²) in [6.07, 6.45) is 1.52. The van der Waals surface area contributed by atoms with Gasteiger partial charge in [0.1, 0.15) is 31.7 Å². The number of anilines is 1. The Morgan fingerprint density at radius 2 is 1.33 bits per heavy atom. The summed E-state index contributed by atoms with van der Waals surface area (Å²) < 4.78 is 39.2. The largest absolute Gasteiger partial charge is 0.408 e. The van der Waals surface area contributed by atoms with Gasteiger partial charge < -0.3 is 23.0 Å². The van der Waals surface area contributed by atoms with E-state index < -0.39 is 33.8 Å². The van der Waals surface area contributed by atoms with Gasteiger partial charge in [0, 0.05) is 0 Å². The van der Waals surface area contributed by atoms with Crippen LogP contribution in [0.15, 0.2) is 97.6 Å². The molecule has 3 heterocycles. The van der Waals surface area contributed by atoms with E-state index in [2.05, 4.69) is 60.0 Å². The van der Waals surface area contributed by atoms with Gasteiger partial charge in [-0.1, -0.05) is 93.6 Å². The topological polar surface area (TPSA) is 144 Å². The van der Waals surface area contributed by atoms with Crippen LogP contribution in [0.25, 0.3) is 11.2 Å². The van der Waals surface area contributed by atoms with Gasteiger partial charge in [0.2, 0.25) is 5.65 Å². The second-order valence-electron chi connectivity index (χ2n) is 13.1. The highest BCUT2D eigenvalue weighted by Crippen LogP contribution is 2.48. The van der Waals surface area contributed by atoms with Crippen molar-refractivity contribution in [3.63, 3.8) is 0 Å². The van der Waals surface area contributed by atoms with Crippen molar-refractivity contribution in [2.75, 3.05) is 37.7 Å². The molecule has 0 N–H and O–H groups in total. The fourth-order valence-electron chi connectivity index (χ4n) is 6.43. The van der Waals surface area contributed by atoms with Gasteiger partial charge in [-0.25, -0.2) is 19.9 Å². The third-order valence-corrected chi connectivity index (χ3v) is 15.5. The van der Waals surface area contributed by atoms with E-state index in [1.165, 1.54) is 17.4 Å². The minimum Gasteiger partial charge on any atom is -0.408 e. The van der Waals surface area contributed by atoms with Gasteiger partial charge >= 0.3 is 7.60 Å². The zero-order chi connectivity index (χ0) is 36.9. The van der Waals surface area contributed by atoms with Crippen LogP contribution < -0.4 is 20.1 Å². The van der Waals surface area contributed by atoms with Crippen LogP contribution in [0.3, 0.4) is 0 Å². The molecule has 1 unspecified atom stereocenters. The number of hydrogen-bond acceptors (Lipinski definition) is 11. The molecule has 0 aliphatic carbocycles. The summed E-state index contributed by atoms with van der Waals surface area (Å²) in [4.78, 5) is 46.7. The summed E-state index contributed by atoms with van der Waals surface area (Å²) in [6.45, 7) is 10.3. The second-order valence-corrected chi connectivity index (χ2v) is 19.4. The Morgan fingerprint density at radius 3 is 1.87 bits per heavy atom. The normalized spacial score (nSPS) is 14.2. The summed E-state index contributed by atoms with van der Waals surface area (Å²) in [5.74, 6) is -0.966. The van der Waals surface area contributed by atoms with Crippen LogP contribution >= 0.6 is 7.60 Å². The number of imide groups is 1. The van der Waals surface area contributed by atoms with Crippen molar-refractivity contribution in [1.82, 2.24) is 19.7 Å². The molecule has 13 nitrogen and oxygen atoms in total. The van der Waals surface area contributed by atoms with Crippen LogP contribution in [0.5, 0.6) is 0 Å². The number of imidazole rings is 1. The maximum Gasteiger partial charge on any atom is 0.356 e. The van der Waals surface area contributed by atoms with E-state index in [4.69, 9.17) is 23.0 Å². The van der Waals surface area contributed by atoms with Crippen LogP contribution in [0.1, 0.15) is 55.3 Å². The highest BCUT2D eigenvalue weighted by atomic mass is 31.2. The van der Waals surface area contributed by atoms with Gasteiger partial charge in [0.15, 0.2) is 11.3 Å². The number of amides is 2. The van der Waals surface area contributed by atoms with E-state index in [-0.39, 0.29) is 65.9 Å². The van der Waals surface area contributed by atoms with E-state index in [0.717, 1.165) is 15.3 Å². The minimum atomic E-state index is -3.60. The number of hydrogen-bond donors (Lipinski definition) is 0. The number of benzene rings is 3. The maximum atomic E-state index is 13.5. The molecule has 1 aliphatic rings. The lowest BCUT2D eigenvalue weighted by atomic mass is 10.1. The predicted molar refractivity (Wildman–Crippen MR) is 199 cm³/mol. The van der Waals surface area contributed by atoms with Crippen molar-refractivity contribution in [2.24, 2.45) is 0 Å². The van der Waals surface area contributed by atoms with Crippen LogP contribution in [0.4, 0.5) is 5.82 Å². The first-order valence-electron chi connectivity index (χ1n) is 17.1. The summed E-state index contributed by atoms with van der Waals surface area (Å²) in [5.41, 5.74) is 0.983. The quantitative estimate of drug-likeness (QED) is 0.0744. The predicted octanol–water partition coefficient (Wildman–Crippen LogP) is 5.24. The molecular formula is C37H42N5O8PSi. The lowest BCUT2D eigenvalue weighted by Gasteiger charge is -2.43. The van der Waals surface area contributed by atoms with Gasteiger partial charge in [-0.15, -0.1) is 0 Å². The first kappa shape index (κ1) is 37.2. The molecule has 1 aliphatic heterocycles. The van der Waals surface area contributed by atoms with E-state index in [1.807, 2.05) is 36.4 Å². The maximum absolute atomic E-state index is 13.5. The summed E-state index contributed by atoms with van der Waals surface area (Å²) in [5, 5.41) is 1.85. The van der Waals surface area contributed by atoms with Crippen molar-refractivity contribution in [3.05, 3.63) is 109 Å². The Kier molecular flexibility index (Phi) is 11.1. The van der Waals surface area contributed by atoms with Crippen LogP contribution in [-0.2, 0) is 22.8 Å². The molecule has 2 aromatic heterocycles. The number of aromatic nitrogens is 4. The summed E-state index contributed by atoms with van der Waals surface area (Å²) in [7, 11) is -6.59. The molecular weight excluding hydrogens is 701 g/mol. The van der Waals surface area contributed by atoms with Gasteiger partial charge in [0.25, 0.3) is 20.1 Å². The average molecular weight is 744 g/mol.